The van der Waals surface area contributed by atoms with Gasteiger partial charge in [0.1, 0.15) is 18.5 Å². The molecular formula is C27H40O5. The maximum absolute atomic E-state index is 11.8. The molecule has 0 bridgehead atoms. The van der Waals surface area contributed by atoms with Crippen molar-refractivity contribution in [2.45, 2.75) is 77.6 Å². The Morgan fingerprint density at radius 3 is 2.78 bits per heavy atom. The molecule has 1 aliphatic heterocycles. The molecule has 32 heavy (non-hydrogen) atoms. The fourth-order valence-electron chi connectivity index (χ4n) is 5.14. The van der Waals surface area contributed by atoms with Gasteiger partial charge in [0, 0.05) is 13.0 Å². The maximum atomic E-state index is 11.8. The highest BCUT2D eigenvalue weighted by atomic mass is 16.5. The third-order valence-corrected chi connectivity index (χ3v) is 6.77. The van der Waals surface area contributed by atoms with Crippen molar-refractivity contribution >= 4 is 5.97 Å². The number of aliphatic hydroxyl groups excluding tert-OH is 1. The molecule has 2 aliphatic rings. The number of rotatable bonds is 10. The molecule has 1 saturated carbocycles. The number of hydrogen-bond acceptors (Lipinski definition) is 5. The molecule has 178 valence electrons. The van der Waals surface area contributed by atoms with Crippen molar-refractivity contribution < 1.29 is 24.1 Å². The first kappa shape index (κ1) is 24.8. The summed E-state index contributed by atoms with van der Waals surface area (Å²) in [7, 11) is 0. The third kappa shape index (κ3) is 7.63. The molecule has 0 radical (unpaired) electrons. The minimum absolute atomic E-state index is 0.0431. The lowest BCUT2D eigenvalue weighted by Gasteiger charge is -2.21. The van der Waals surface area contributed by atoms with Gasteiger partial charge in [0.2, 0.25) is 0 Å². The highest BCUT2D eigenvalue weighted by Gasteiger charge is 2.42. The van der Waals surface area contributed by atoms with E-state index in [1.807, 2.05) is 50.3 Å². The summed E-state index contributed by atoms with van der Waals surface area (Å²) in [6.45, 7) is 7.11. The molecule has 0 unspecified atom stereocenters. The number of hydrogen-bond donors (Lipinski definition) is 1. The molecule has 1 aromatic rings. The number of carbonyl (C=O) groups excluding carboxylic acids is 1. The number of para-hydroxylation sites is 1. The molecule has 0 aromatic heterocycles. The minimum atomic E-state index is -0.619. The van der Waals surface area contributed by atoms with E-state index in [2.05, 4.69) is 13.0 Å². The van der Waals surface area contributed by atoms with E-state index in [0.717, 1.165) is 44.5 Å². The Labute approximate surface area is 193 Å². The van der Waals surface area contributed by atoms with Gasteiger partial charge >= 0.3 is 5.97 Å². The minimum Gasteiger partial charge on any atom is -0.491 e. The summed E-state index contributed by atoms with van der Waals surface area (Å²) in [5, 5.41) is 10.4. The Hall–Kier alpha value is -1.85. The Bertz CT molecular complexity index is 716. The molecule has 5 nitrogen and oxygen atoms in total. The zero-order valence-corrected chi connectivity index (χ0v) is 19.8. The predicted octanol–water partition coefficient (Wildman–Crippen LogP) is 5.17. The standard InChI is InChI=1S/C27H40O5/c1-19(2)32-27(29)11-7-8-21-12-14-25-24(20(3)16-26(25)31-17-21)15-13-22(28)18-30-23-9-5-4-6-10-23/h4-6,9-10,13,15,19-22,24-26,28H,7-8,11-12,14,16-18H2,1-3H3/b15-13+/t20-,21+,22-,24+,25-,26+/m1/s1. The van der Waals surface area contributed by atoms with E-state index in [0.29, 0.717) is 36.2 Å². The van der Waals surface area contributed by atoms with Crippen molar-refractivity contribution in [1.29, 1.82) is 0 Å². The molecule has 1 aliphatic carbocycles. The van der Waals surface area contributed by atoms with Crippen molar-refractivity contribution in [2.24, 2.45) is 23.7 Å². The van der Waals surface area contributed by atoms with Gasteiger partial charge in [0.15, 0.2) is 0 Å². The summed E-state index contributed by atoms with van der Waals surface area (Å²) in [5.74, 6) is 2.66. The van der Waals surface area contributed by atoms with Crippen LogP contribution in [0.15, 0.2) is 42.5 Å². The monoisotopic (exact) mass is 444 g/mol. The topological polar surface area (TPSA) is 65.0 Å². The van der Waals surface area contributed by atoms with Crippen molar-refractivity contribution in [3.8, 4) is 5.75 Å². The van der Waals surface area contributed by atoms with Gasteiger partial charge in [-0.1, -0.05) is 37.3 Å². The molecule has 3 rings (SSSR count). The summed E-state index contributed by atoms with van der Waals surface area (Å²) in [4.78, 5) is 11.8. The van der Waals surface area contributed by atoms with Crippen LogP contribution in [0.5, 0.6) is 5.75 Å². The number of aliphatic hydroxyl groups is 1. The van der Waals surface area contributed by atoms with Gasteiger partial charge in [-0.3, -0.25) is 4.79 Å². The van der Waals surface area contributed by atoms with Crippen LogP contribution in [0.1, 0.15) is 59.3 Å². The lowest BCUT2D eigenvalue weighted by atomic mass is 9.84. The lowest BCUT2D eigenvalue weighted by molar-refractivity contribution is -0.147. The number of esters is 1. The quantitative estimate of drug-likeness (QED) is 0.398. The number of allylic oxidation sites excluding steroid dienone is 1. The Morgan fingerprint density at radius 1 is 1.25 bits per heavy atom. The molecule has 0 amide bonds. The molecule has 6 atom stereocenters. The van der Waals surface area contributed by atoms with Gasteiger partial charge in [0.05, 0.1) is 12.2 Å². The average molecular weight is 445 g/mol. The van der Waals surface area contributed by atoms with Crippen molar-refractivity contribution in [1.82, 2.24) is 0 Å². The van der Waals surface area contributed by atoms with Gasteiger partial charge < -0.3 is 19.3 Å². The third-order valence-electron chi connectivity index (χ3n) is 6.77. The Kier molecular flexibility index (Phi) is 9.61. The normalized spacial score (nSPS) is 29.0. The van der Waals surface area contributed by atoms with Gasteiger partial charge in [0.25, 0.3) is 0 Å². The average Bonchev–Trinajstić information content (AvgIpc) is 2.92. The smallest absolute Gasteiger partial charge is 0.306 e. The van der Waals surface area contributed by atoms with E-state index >= 15 is 0 Å². The van der Waals surface area contributed by atoms with Gasteiger partial charge in [-0.15, -0.1) is 0 Å². The fourth-order valence-corrected chi connectivity index (χ4v) is 5.14. The van der Waals surface area contributed by atoms with Gasteiger partial charge in [-0.2, -0.15) is 0 Å². The summed E-state index contributed by atoms with van der Waals surface area (Å²) in [6, 6.07) is 9.59. The molecule has 5 heteroatoms. The van der Waals surface area contributed by atoms with Crippen LogP contribution in [-0.4, -0.2) is 42.6 Å². The molecule has 1 heterocycles. The van der Waals surface area contributed by atoms with Crippen LogP contribution in [0.2, 0.25) is 0 Å². The van der Waals surface area contributed by atoms with Crippen LogP contribution in [0.25, 0.3) is 0 Å². The Balaban J connectivity index is 1.44. The molecule has 1 saturated heterocycles. The van der Waals surface area contributed by atoms with Crippen LogP contribution in [0, 0.1) is 23.7 Å². The second kappa shape index (κ2) is 12.4. The predicted molar refractivity (Wildman–Crippen MR) is 125 cm³/mol. The summed E-state index contributed by atoms with van der Waals surface area (Å²) in [6.07, 6.45) is 9.45. The van der Waals surface area contributed by atoms with E-state index in [1.165, 1.54) is 0 Å². The zero-order chi connectivity index (χ0) is 22.9. The first-order chi connectivity index (χ1) is 15.4. The van der Waals surface area contributed by atoms with Crippen LogP contribution in [0.3, 0.4) is 0 Å². The zero-order valence-electron chi connectivity index (χ0n) is 19.8. The molecule has 1 N–H and O–H groups in total. The first-order valence-electron chi connectivity index (χ1n) is 12.3. The van der Waals surface area contributed by atoms with Crippen LogP contribution < -0.4 is 4.74 Å². The summed E-state index contributed by atoms with van der Waals surface area (Å²) in [5.41, 5.74) is 0. The van der Waals surface area contributed by atoms with Crippen LogP contribution in [0.4, 0.5) is 0 Å². The first-order valence-corrected chi connectivity index (χ1v) is 12.3. The van der Waals surface area contributed by atoms with E-state index in [9.17, 15) is 9.90 Å². The summed E-state index contributed by atoms with van der Waals surface area (Å²) < 4.78 is 17.2. The van der Waals surface area contributed by atoms with Crippen LogP contribution in [-0.2, 0) is 14.3 Å². The second-order valence-corrected chi connectivity index (χ2v) is 9.78. The molecule has 2 fully saturated rings. The molecular weight excluding hydrogens is 404 g/mol. The van der Waals surface area contributed by atoms with Crippen molar-refractivity contribution in [3.63, 3.8) is 0 Å². The highest BCUT2D eigenvalue weighted by Crippen LogP contribution is 2.45. The summed E-state index contributed by atoms with van der Waals surface area (Å²) >= 11 is 0. The van der Waals surface area contributed by atoms with E-state index in [4.69, 9.17) is 14.2 Å². The molecule has 1 aromatic carbocycles. The number of fused-ring (bicyclic) bond motifs is 1. The van der Waals surface area contributed by atoms with E-state index < -0.39 is 6.10 Å². The van der Waals surface area contributed by atoms with Crippen molar-refractivity contribution in [2.75, 3.05) is 13.2 Å². The Morgan fingerprint density at radius 2 is 2.03 bits per heavy atom. The fraction of sp³-hybridized carbons (Fsp3) is 0.667. The SMILES string of the molecule is CC(C)OC(=O)CCC[C@H]1CC[C@@H]2[C@@H](/C=C/[C@@H](O)COc3ccccc3)[C@H](C)C[C@@H]2OC1. The lowest BCUT2D eigenvalue weighted by Crippen LogP contribution is -2.21. The largest absolute Gasteiger partial charge is 0.491 e. The van der Waals surface area contributed by atoms with Crippen molar-refractivity contribution in [3.05, 3.63) is 42.5 Å². The number of ether oxygens (including phenoxy) is 3. The number of benzene rings is 1. The van der Waals surface area contributed by atoms with Crippen LogP contribution >= 0.6 is 0 Å². The van der Waals surface area contributed by atoms with Gasteiger partial charge in [-0.05, 0) is 81.8 Å². The number of carbonyl (C=O) groups is 1. The highest BCUT2D eigenvalue weighted by molar-refractivity contribution is 5.69. The van der Waals surface area contributed by atoms with E-state index in [-0.39, 0.29) is 18.7 Å². The van der Waals surface area contributed by atoms with Gasteiger partial charge in [-0.25, -0.2) is 0 Å². The molecule has 0 spiro atoms. The second-order valence-electron chi connectivity index (χ2n) is 9.78. The maximum Gasteiger partial charge on any atom is 0.306 e. The van der Waals surface area contributed by atoms with E-state index in [1.54, 1.807) is 0 Å².